The average Bonchev–Trinajstić information content (AvgIpc) is 3.26. The van der Waals surface area contributed by atoms with E-state index in [-0.39, 0.29) is 11.9 Å². The van der Waals surface area contributed by atoms with Crippen LogP contribution in [0.15, 0.2) is 49.1 Å². The second kappa shape index (κ2) is 4.68. The zero-order chi connectivity index (χ0) is 16.9. The van der Waals surface area contributed by atoms with Gasteiger partial charge in [-0.2, -0.15) is 0 Å². The summed E-state index contributed by atoms with van der Waals surface area (Å²) >= 11 is 6.01. The van der Waals surface area contributed by atoms with Crippen LogP contribution in [0.1, 0.15) is 39.5 Å². The van der Waals surface area contributed by atoms with Crippen molar-refractivity contribution in [3.05, 3.63) is 71.1 Å². The Morgan fingerprint density at radius 3 is 2.73 bits per heavy atom. The summed E-state index contributed by atoms with van der Waals surface area (Å²) in [5.41, 5.74) is 3.15. The van der Waals surface area contributed by atoms with Gasteiger partial charge in [-0.25, -0.2) is 0 Å². The summed E-state index contributed by atoms with van der Waals surface area (Å²) in [6.45, 7) is 1.57. The molecule has 1 aromatic carbocycles. The van der Waals surface area contributed by atoms with E-state index in [0.29, 0.717) is 11.2 Å². The molecule has 0 N–H and O–H groups in total. The van der Waals surface area contributed by atoms with Gasteiger partial charge in [0.05, 0.1) is 8.16 Å². The molecule has 0 saturated heterocycles. The maximum Gasteiger partial charge on any atom is 0.168 e. The molecule has 1 saturated carbocycles. The monoisotopic (exact) mass is 312 g/mol. The van der Waals surface area contributed by atoms with Gasteiger partial charge >= 0.3 is 0 Å². The molecular weight excluding hydrogens is 295 g/mol. The first-order chi connectivity index (χ1) is 11.5. The molecule has 0 spiro atoms. The minimum absolute atomic E-state index is 0.120. The van der Waals surface area contributed by atoms with Crippen molar-refractivity contribution in [3.8, 4) is 0 Å². The van der Waals surface area contributed by atoms with Crippen LogP contribution >= 0.6 is 11.6 Å². The van der Waals surface area contributed by atoms with Crippen LogP contribution in [0.25, 0.3) is 11.2 Å². The molecule has 0 aliphatic heterocycles. The Bertz CT molecular complexity index is 952. The average molecular weight is 313 g/mol. The first-order valence-corrected chi connectivity index (χ1v) is 7.65. The van der Waals surface area contributed by atoms with Gasteiger partial charge in [-0.3, -0.25) is 4.40 Å². The maximum absolute atomic E-state index is 7.57. The highest BCUT2D eigenvalue weighted by Gasteiger charge is 2.49. The van der Waals surface area contributed by atoms with E-state index in [2.05, 4.69) is 22.3 Å². The Hall–Kier alpha value is -2.13. The molecule has 0 amide bonds. The summed E-state index contributed by atoms with van der Waals surface area (Å²) < 4.78 is 17.1. The minimum Gasteiger partial charge on any atom is -0.285 e. The molecule has 22 heavy (non-hydrogen) atoms. The fourth-order valence-corrected chi connectivity index (χ4v) is 3.20. The molecule has 2 aromatic heterocycles. The van der Waals surface area contributed by atoms with Gasteiger partial charge in [-0.15, -0.1) is 10.2 Å². The van der Waals surface area contributed by atoms with Crippen molar-refractivity contribution in [3.63, 3.8) is 0 Å². The van der Waals surface area contributed by atoms with Crippen molar-refractivity contribution in [2.75, 3.05) is 0 Å². The summed E-state index contributed by atoms with van der Waals surface area (Å²) in [5, 5.41) is 9.55. The van der Waals surface area contributed by atoms with Crippen molar-refractivity contribution in [2.24, 2.45) is 0 Å². The number of allylic oxidation sites excluding steroid dienone is 1. The van der Waals surface area contributed by atoms with Crippen LogP contribution in [-0.4, -0.2) is 14.6 Å². The largest absolute Gasteiger partial charge is 0.285 e. The lowest BCUT2D eigenvalue weighted by molar-refractivity contribution is 0.740. The Morgan fingerprint density at radius 2 is 2.05 bits per heavy atom. The van der Waals surface area contributed by atoms with E-state index in [1.54, 1.807) is 6.92 Å². The molecule has 2 heterocycles. The fraction of sp³-hybridized carbons (Fsp3) is 0.222. The summed E-state index contributed by atoms with van der Waals surface area (Å²) in [6, 6.07) is 11.7. The topological polar surface area (TPSA) is 30.2 Å². The van der Waals surface area contributed by atoms with E-state index in [4.69, 9.17) is 14.3 Å². The third-order valence-electron chi connectivity index (χ3n) is 4.41. The van der Waals surface area contributed by atoms with Gasteiger partial charge in [0.1, 0.15) is 5.82 Å². The molecule has 1 aliphatic carbocycles. The number of aromatic nitrogens is 3. The van der Waals surface area contributed by atoms with E-state index in [9.17, 15) is 0 Å². The number of fused-ring (bicyclic) bond motifs is 1. The fourth-order valence-electron chi connectivity index (χ4n) is 3.07. The van der Waals surface area contributed by atoms with Gasteiger partial charge in [-0.05, 0) is 55.2 Å². The Balaban J connectivity index is 1.89. The van der Waals surface area contributed by atoms with Gasteiger partial charge in [0.2, 0.25) is 0 Å². The Labute approximate surface area is 137 Å². The van der Waals surface area contributed by atoms with E-state index in [0.717, 1.165) is 29.3 Å². The molecule has 0 atom stereocenters. The highest BCUT2D eigenvalue weighted by molar-refractivity contribution is 6.30. The lowest BCUT2D eigenvalue weighted by atomic mass is 9.95. The van der Waals surface area contributed by atoms with Gasteiger partial charge < -0.3 is 0 Å². The third kappa shape index (κ3) is 1.89. The SMILES string of the molecule is [2H][13C]([2H])=C(C)c1cccn2c(C3(c4ccc(Cl)cc4)CC3)nnc12. The molecular formula is C18H16ClN3. The summed E-state index contributed by atoms with van der Waals surface area (Å²) in [7, 11) is 0. The van der Waals surface area contributed by atoms with Crippen molar-refractivity contribution >= 4 is 22.8 Å². The van der Waals surface area contributed by atoms with E-state index in [1.165, 1.54) is 5.56 Å². The van der Waals surface area contributed by atoms with Gasteiger partial charge in [-0.1, -0.05) is 30.3 Å². The molecule has 1 aliphatic rings. The first-order valence-electron chi connectivity index (χ1n) is 8.28. The summed E-state index contributed by atoms with van der Waals surface area (Å²) in [4.78, 5) is 0. The predicted octanol–water partition coefficient (Wildman–Crippen LogP) is 4.50. The Morgan fingerprint density at radius 1 is 1.27 bits per heavy atom. The number of pyridine rings is 1. The molecule has 3 nitrogen and oxygen atoms in total. The highest BCUT2D eigenvalue weighted by atomic mass is 35.5. The van der Waals surface area contributed by atoms with Crippen molar-refractivity contribution in [1.82, 2.24) is 14.6 Å². The zero-order valence-electron chi connectivity index (χ0n) is 14.2. The van der Waals surface area contributed by atoms with Gasteiger partial charge in [0.25, 0.3) is 0 Å². The van der Waals surface area contributed by atoms with Crippen LogP contribution < -0.4 is 0 Å². The lowest BCUT2D eigenvalue weighted by Crippen LogP contribution is -2.13. The third-order valence-corrected chi connectivity index (χ3v) is 4.67. The summed E-state index contributed by atoms with van der Waals surface area (Å²) in [5.74, 6) is 0.908. The molecule has 4 rings (SSSR count). The van der Waals surface area contributed by atoms with Crippen LogP contribution in [0.5, 0.6) is 0 Å². The minimum atomic E-state index is -0.202. The van der Waals surface area contributed by atoms with Crippen molar-refractivity contribution in [2.45, 2.75) is 25.2 Å². The normalized spacial score (nSPS) is 17.0. The predicted molar refractivity (Wildman–Crippen MR) is 89.2 cm³/mol. The zero-order valence-corrected chi connectivity index (χ0v) is 12.9. The Kier molecular flexibility index (Phi) is 2.44. The number of hydrogen-bond acceptors (Lipinski definition) is 2. The van der Waals surface area contributed by atoms with Gasteiger partial charge in [0.15, 0.2) is 5.65 Å². The number of benzene rings is 1. The van der Waals surface area contributed by atoms with E-state index >= 15 is 0 Å². The van der Waals surface area contributed by atoms with Crippen LogP contribution in [-0.2, 0) is 5.41 Å². The van der Waals surface area contributed by atoms with Crippen LogP contribution in [0, 0.1) is 0 Å². The molecule has 0 bridgehead atoms. The molecule has 110 valence electrons. The molecule has 3 aromatic rings. The second-order valence-electron chi connectivity index (χ2n) is 5.85. The number of halogens is 1. The van der Waals surface area contributed by atoms with Crippen LogP contribution in [0.3, 0.4) is 0 Å². The quantitative estimate of drug-likeness (QED) is 0.667. The highest BCUT2D eigenvalue weighted by Crippen LogP contribution is 2.52. The van der Waals surface area contributed by atoms with E-state index < -0.39 is 0 Å². The van der Waals surface area contributed by atoms with Crippen molar-refractivity contribution < 1.29 is 2.74 Å². The van der Waals surface area contributed by atoms with Crippen LogP contribution in [0.4, 0.5) is 0 Å². The van der Waals surface area contributed by atoms with Gasteiger partial charge in [0, 0.05) is 16.8 Å². The van der Waals surface area contributed by atoms with Crippen LogP contribution in [0.2, 0.25) is 5.02 Å². The molecule has 1 fully saturated rings. The summed E-state index contributed by atoms with van der Waals surface area (Å²) in [6.07, 6.45) is 4.00. The second-order valence-corrected chi connectivity index (χ2v) is 6.29. The maximum atomic E-state index is 7.57. The number of rotatable bonds is 3. The standard InChI is InChI=1S/C18H16ClN3/c1-12(2)15-4-3-11-22-16(15)20-21-17(22)18(9-10-18)13-5-7-14(19)8-6-13/h3-8,11H,1,9-10H2,2H3/i1+1D2. The molecule has 0 unspecified atom stereocenters. The number of hydrogen-bond donors (Lipinski definition) is 0. The number of nitrogens with zero attached hydrogens (tertiary/aromatic N) is 3. The van der Waals surface area contributed by atoms with Crippen molar-refractivity contribution in [1.29, 1.82) is 0 Å². The smallest absolute Gasteiger partial charge is 0.168 e. The molecule has 4 heteroatoms. The first kappa shape index (κ1) is 11.4. The lowest BCUT2D eigenvalue weighted by Gasteiger charge is -2.14. The van der Waals surface area contributed by atoms with E-state index in [1.807, 2.05) is 34.9 Å². The molecule has 0 radical (unpaired) electrons.